The molecule has 0 saturated heterocycles. The molecule has 1 amide bonds. The Kier molecular flexibility index (Phi) is 4.43. The van der Waals surface area contributed by atoms with E-state index in [4.69, 9.17) is 0 Å². The summed E-state index contributed by atoms with van der Waals surface area (Å²) in [6.45, 7) is 4.58. The predicted molar refractivity (Wildman–Crippen MR) is 96.1 cm³/mol. The van der Waals surface area contributed by atoms with Crippen LogP contribution in [0.3, 0.4) is 0 Å². The molecule has 0 radical (unpaired) electrons. The summed E-state index contributed by atoms with van der Waals surface area (Å²) >= 11 is 4.39. The maximum Gasteiger partial charge on any atom is 0.255 e. The second-order valence-electron chi connectivity index (χ2n) is 6.24. The number of carbonyl (C=O) groups is 1. The molecule has 2 aromatic carbocycles. The van der Waals surface area contributed by atoms with Gasteiger partial charge in [0.2, 0.25) is 0 Å². The van der Waals surface area contributed by atoms with Crippen LogP contribution in [0, 0.1) is 5.82 Å². The maximum atomic E-state index is 13.7. The fourth-order valence-electron chi connectivity index (χ4n) is 3.17. The molecule has 1 heterocycles. The zero-order valence-electron chi connectivity index (χ0n) is 13.0. The quantitative estimate of drug-likeness (QED) is 0.628. The first kappa shape index (κ1) is 16.4. The highest BCUT2D eigenvalue weighted by Gasteiger charge is 2.41. The van der Waals surface area contributed by atoms with Crippen molar-refractivity contribution in [2.45, 2.75) is 31.2 Å². The van der Waals surface area contributed by atoms with E-state index in [1.54, 1.807) is 6.07 Å². The first-order valence-electron chi connectivity index (χ1n) is 7.41. The van der Waals surface area contributed by atoms with E-state index in [0.29, 0.717) is 6.54 Å². The molecule has 0 bridgehead atoms. The van der Waals surface area contributed by atoms with E-state index < -0.39 is 0 Å². The molecule has 23 heavy (non-hydrogen) atoms. The number of carbonyl (C=O) groups excluding carboxylic acids is 1. The Morgan fingerprint density at radius 3 is 2.61 bits per heavy atom. The molecule has 0 spiro atoms. The average Bonchev–Trinajstić information content (AvgIpc) is 2.85. The number of halogens is 1. The van der Waals surface area contributed by atoms with Gasteiger partial charge in [0.15, 0.2) is 0 Å². The van der Waals surface area contributed by atoms with Crippen molar-refractivity contribution in [1.82, 2.24) is 4.90 Å². The monoisotopic (exact) mass is 347 g/mol. The van der Waals surface area contributed by atoms with Crippen molar-refractivity contribution in [2.24, 2.45) is 0 Å². The van der Waals surface area contributed by atoms with Crippen molar-refractivity contribution < 1.29 is 9.18 Å². The van der Waals surface area contributed by atoms with Crippen LogP contribution in [0.2, 0.25) is 0 Å². The fourth-order valence-corrected chi connectivity index (χ4v) is 3.83. The van der Waals surface area contributed by atoms with Gasteiger partial charge >= 0.3 is 0 Å². The molecule has 1 aliphatic rings. The first-order valence-corrected chi connectivity index (χ1v) is 9.28. The zero-order valence-corrected chi connectivity index (χ0v) is 14.7. The average molecular weight is 347 g/mol. The predicted octanol–water partition coefficient (Wildman–Crippen LogP) is 4.88. The van der Waals surface area contributed by atoms with Crippen LogP contribution in [0.1, 0.15) is 41.4 Å². The van der Waals surface area contributed by atoms with E-state index in [1.807, 2.05) is 49.1 Å². The third-order valence-corrected chi connectivity index (χ3v) is 6.32. The number of nitrogens with zero attached hydrogens (tertiary/aromatic N) is 1. The molecule has 1 atom stereocenters. The van der Waals surface area contributed by atoms with Gasteiger partial charge in [-0.25, -0.2) is 4.39 Å². The summed E-state index contributed by atoms with van der Waals surface area (Å²) in [5.41, 5.74) is 2.53. The normalized spacial score (nSPS) is 15.7. The Morgan fingerprint density at radius 1 is 1.22 bits per heavy atom. The molecular weight excluding hydrogens is 329 g/mol. The lowest BCUT2D eigenvalue weighted by Crippen LogP contribution is -2.40. The minimum absolute atomic E-state index is 0.00896. The highest BCUT2D eigenvalue weighted by atomic mass is 33.1. The Hall–Kier alpha value is -1.46. The lowest BCUT2D eigenvalue weighted by molar-refractivity contribution is 0.0669. The Labute approximate surface area is 144 Å². The van der Waals surface area contributed by atoms with Gasteiger partial charge in [-0.2, -0.15) is 0 Å². The van der Waals surface area contributed by atoms with Gasteiger partial charge in [-0.1, -0.05) is 41.1 Å². The minimum atomic E-state index is -0.366. The van der Waals surface area contributed by atoms with Crippen LogP contribution in [0.25, 0.3) is 0 Å². The minimum Gasteiger partial charge on any atom is -0.326 e. The highest BCUT2D eigenvalue weighted by Crippen LogP contribution is 2.45. The van der Waals surface area contributed by atoms with E-state index in [1.165, 1.54) is 22.9 Å². The molecule has 0 fully saturated rings. The smallest absolute Gasteiger partial charge is 0.255 e. The van der Waals surface area contributed by atoms with Crippen molar-refractivity contribution in [1.29, 1.82) is 0 Å². The summed E-state index contributed by atoms with van der Waals surface area (Å²) in [6.07, 6.45) is 0. The van der Waals surface area contributed by atoms with Gasteiger partial charge in [0.1, 0.15) is 5.82 Å². The largest absolute Gasteiger partial charge is 0.326 e. The maximum absolute atomic E-state index is 13.7. The van der Waals surface area contributed by atoms with E-state index in [0.717, 1.165) is 16.7 Å². The van der Waals surface area contributed by atoms with Gasteiger partial charge in [0.05, 0.1) is 6.04 Å². The van der Waals surface area contributed by atoms with Crippen molar-refractivity contribution in [3.8, 4) is 0 Å². The third-order valence-electron chi connectivity index (χ3n) is 4.22. The molecule has 1 aliphatic heterocycles. The molecular formula is C18H18FNOS2. The standard InChI is InChI=1S/C18H18FNOS2/c1-18(2,23-22)16(12-7-5-8-14(19)10-12)20-11-13-6-3-4-9-15(13)17(20)21/h3-10,16,22H,11H2,1-2H3. The van der Waals surface area contributed by atoms with Crippen LogP contribution in [0.5, 0.6) is 0 Å². The summed E-state index contributed by atoms with van der Waals surface area (Å²) in [5.74, 6) is -0.304. The molecule has 3 rings (SSSR count). The molecule has 0 N–H and O–H groups in total. The molecule has 2 aromatic rings. The molecule has 0 aliphatic carbocycles. The van der Waals surface area contributed by atoms with Crippen LogP contribution in [0.15, 0.2) is 48.5 Å². The Morgan fingerprint density at radius 2 is 1.96 bits per heavy atom. The van der Waals surface area contributed by atoms with Crippen molar-refractivity contribution >= 4 is 28.4 Å². The number of fused-ring (bicyclic) bond motifs is 1. The van der Waals surface area contributed by atoms with Gasteiger partial charge in [-0.3, -0.25) is 4.79 Å². The van der Waals surface area contributed by atoms with Crippen molar-refractivity contribution in [3.63, 3.8) is 0 Å². The molecule has 2 nitrogen and oxygen atoms in total. The zero-order chi connectivity index (χ0) is 16.6. The van der Waals surface area contributed by atoms with Gasteiger partial charge in [-0.05, 0) is 43.2 Å². The lowest BCUT2D eigenvalue weighted by atomic mass is 9.93. The van der Waals surface area contributed by atoms with Crippen LogP contribution in [-0.4, -0.2) is 15.6 Å². The summed E-state index contributed by atoms with van der Waals surface area (Å²) in [6, 6.07) is 13.8. The van der Waals surface area contributed by atoms with E-state index in [9.17, 15) is 9.18 Å². The van der Waals surface area contributed by atoms with Crippen molar-refractivity contribution in [2.75, 3.05) is 0 Å². The second kappa shape index (κ2) is 6.21. The molecule has 1 unspecified atom stereocenters. The summed E-state index contributed by atoms with van der Waals surface area (Å²) in [5, 5.41) is 0. The van der Waals surface area contributed by atoms with Gasteiger partial charge < -0.3 is 4.90 Å². The van der Waals surface area contributed by atoms with Gasteiger partial charge in [0, 0.05) is 16.9 Å². The van der Waals surface area contributed by atoms with E-state index >= 15 is 0 Å². The number of benzene rings is 2. The van der Waals surface area contributed by atoms with Crippen LogP contribution >= 0.6 is 22.5 Å². The SMILES string of the molecule is CC(C)(SS)C(c1cccc(F)c1)N1Cc2ccccc2C1=O. The van der Waals surface area contributed by atoms with Gasteiger partial charge in [0.25, 0.3) is 5.91 Å². The van der Waals surface area contributed by atoms with Crippen LogP contribution < -0.4 is 0 Å². The molecule has 5 heteroatoms. The molecule has 0 saturated carbocycles. The second-order valence-corrected chi connectivity index (χ2v) is 8.02. The fraction of sp³-hybridized carbons (Fsp3) is 0.278. The number of hydrogen-bond acceptors (Lipinski definition) is 3. The number of thiol groups is 1. The van der Waals surface area contributed by atoms with E-state index in [2.05, 4.69) is 11.7 Å². The molecule has 120 valence electrons. The summed E-state index contributed by atoms with van der Waals surface area (Å²) in [4.78, 5) is 14.7. The number of amides is 1. The Bertz CT molecular complexity index is 747. The van der Waals surface area contributed by atoms with E-state index in [-0.39, 0.29) is 22.5 Å². The van der Waals surface area contributed by atoms with Crippen LogP contribution in [0.4, 0.5) is 4.39 Å². The van der Waals surface area contributed by atoms with Gasteiger partial charge in [-0.15, -0.1) is 11.7 Å². The summed E-state index contributed by atoms with van der Waals surface area (Å²) < 4.78 is 13.4. The summed E-state index contributed by atoms with van der Waals surface area (Å²) in [7, 11) is 1.38. The third kappa shape index (κ3) is 3.00. The highest BCUT2D eigenvalue weighted by molar-refractivity contribution is 8.69. The topological polar surface area (TPSA) is 20.3 Å². The lowest BCUT2D eigenvalue weighted by Gasteiger charge is -2.39. The number of rotatable bonds is 4. The first-order chi connectivity index (χ1) is 10.9. The van der Waals surface area contributed by atoms with Crippen LogP contribution in [-0.2, 0) is 6.54 Å². The Balaban J connectivity index is 2.06. The molecule has 0 aromatic heterocycles. The van der Waals surface area contributed by atoms with Crippen molar-refractivity contribution in [3.05, 3.63) is 71.0 Å². The number of hydrogen-bond donors (Lipinski definition) is 1.